The van der Waals surface area contributed by atoms with Crippen LogP contribution in [0.2, 0.25) is 0 Å². The van der Waals surface area contributed by atoms with Gasteiger partial charge < -0.3 is 10.2 Å². The van der Waals surface area contributed by atoms with Gasteiger partial charge in [0.15, 0.2) is 0 Å². The molecule has 0 aliphatic rings. The van der Waals surface area contributed by atoms with Crippen LogP contribution in [0.5, 0.6) is 0 Å². The van der Waals surface area contributed by atoms with E-state index in [2.05, 4.69) is 24.4 Å². The Kier molecular flexibility index (Phi) is 6.52. The van der Waals surface area contributed by atoms with Gasteiger partial charge >= 0.3 is 0 Å². The summed E-state index contributed by atoms with van der Waals surface area (Å²) in [6, 6.07) is 15.4. The average Bonchev–Trinajstić information content (AvgIpc) is 2.66. The number of nitrogens with zero attached hydrogens (tertiary/aromatic N) is 1. The number of carbonyl (C=O) groups excluding carboxylic acids is 2. The van der Waals surface area contributed by atoms with E-state index in [1.807, 2.05) is 30.3 Å². The molecule has 0 radical (unpaired) electrons. The number of hydrogen-bond donors (Lipinski definition) is 1. The Hall–Kier alpha value is -2.88. The number of nitrogens with one attached hydrogen (secondary N) is 1. The van der Waals surface area contributed by atoms with E-state index in [-0.39, 0.29) is 11.8 Å². The van der Waals surface area contributed by atoms with Crippen molar-refractivity contribution in [1.29, 1.82) is 0 Å². The second-order valence-corrected chi connectivity index (χ2v) is 5.90. The summed E-state index contributed by atoms with van der Waals surface area (Å²) in [5, 5.41) is 2.59. The number of rotatable bonds is 6. The molecule has 0 saturated carbocycles. The molecule has 0 bridgehead atoms. The first kappa shape index (κ1) is 18.5. The van der Waals surface area contributed by atoms with Gasteiger partial charge in [-0.1, -0.05) is 43.3 Å². The smallest absolute Gasteiger partial charge is 0.251 e. The molecule has 2 aromatic rings. The van der Waals surface area contributed by atoms with Crippen LogP contribution in [0.25, 0.3) is 6.08 Å². The topological polar surface area (TPSA) is 49.4 Å². The summed E-state index contributed by atoms with van der Waals surface area (Å²) >= 11 is 0. The summed E-state index contributed by atoms with van der Waals surface area (Å²) in [6.07, 6.45) is 4.41. The van der Waals surface area contributed by atoms with E-state index < -0.39 is 0 Å². The van der Waals surface area contributed by atoms with E-state index in [9.17, 15) is 9.59 Å². The van der Waals surface area contributed by atoms with Gasteiger partial charge in [-0.2, -0.15) is 0 Å². The molecule has 1 N–H and O–H groups in total. The van der Waals surface area contributed by atoms with Gasteiger partial charge in [0, 0.05) is 32.3 Å². The van der Waals surface area contributed by atoms with Crippen LogP contribution >= 0.6 is 0 Å². The fraction of sp³-hybridized carbons (Fsp3) is 0.238. The molecule has 130 valence electrons. The Balaban J connectivity index is 1.95. The van der Waals surface area contributed by atoms with Crippen molar-refractivity contribution in [2.24, 2.45) is 0 Å². The summed E-state index contributed by atoms with van der Waals surface area (Å²) in [7, 11) is 3.37. The van der Waals surface area contributed by atoms with Gasteiger partial charge in [-0.25, -0.2) is 0 Å². The Morgan fingerprint density at radius 1 is 1.00 bits per heavy atom. The summed E-state index contributed by atoms with van der Waals surface area (Å²) in [5.41, 5.74) is 3.87. The number of amides is 2. The van der Waals surface area contributed by atoms with E-state index in [0.717, 1.165) is 17.5 Å². The molecule has 0 fully saturated rings. The predicted molar refractivity (Wildman–Crippen MR) is 101 cm³/mol. The number of hydrogen-bond acceptors (Lipinski definition) is 2. The van der Waals surface area contributed by atoms with Crippen LogP contribution in [0.3, 0.4) is 0 Å². The minimum Gasteiger partial charge on any atom is -0.355 e. The zero-order valence-corrected chi connectivity index (χ0v) is 15.0. The van der Waals surface area contributed by atoms with E-state index >= 15 is 0 Å². The molecule has 4 nitrogen and oxygen atoms in total. The molecule has 25 heavy (non-hydrogen) atoms. The molecule has 2 aromatic carbocycles. The van der Waals surface area contributed by atoms with Gasteiger partial charge in [0.2, 0.25) is 5.91 Å². The average molecular weight is 336 g/mol. The molecule has 0 spiro atoms. The minimum absolute atomic E-state index is 0.0602. The van der Waals surface area contributed by atoms with Crippen molar-refractivity contribution >= 4 is 17.9 Å². The van der Waals surface area contributed by atoms with E-state index in [0.29, 0.717) is 12.1 Å². The van der Waals surface area contributed by atoms with Crippen molar-refractivity contribution in [1.82, 2.24) is 10.2 Å². The van der Waals surface area contributed by atoms with Crippen LogP contribution in [0.1, 0.15) is 34.0 Å². The molecule has 0 aromatic heterocycles. The second kappa shape index (κ2) is 8.83. The highest BCUT2D eigenvalue weighted by Gasteiger charge is 2.07. The van der Waals surface area contributed by atoms with Crippen LogP contribution < -0.4 is 5.32 Å². The van der Waals surface area contributed by atoms with Crippen LogP contribution in [-0.4, -0.2) is 30.8 Å². The van der Waals surface area contributed by atoms with Crippen molar-refractivity contribution in [2.75, 3.05) is 14.1 Å². The predicted octanol–water partition coefficient (Wildman–Crippen LogP) is 3.28. The number of aryl methyl sites for hydroxylation is 1. The SMILES string of the molecule is CCc1ccc(/C=C/C(=O)N(C)Cc2ccc(C(=O)NC)cc2)cc1. The first-order valence-electron chi connectivity index (χ1n) is 8.36. The molecule has 0 aliphatic carbocycles. The maximum Gasteiger partial charge on any atom is 0.251 e. The van der Waals surface area contributed by atoms with Crippen molar-refractivity contribution in [3.8, 4) is 0 Å². The van der Waals surface area contributed by atoms with Crippen LogP contribution in [0, 0.1) is 0 Å². The van der Waals surface area contributed by atoms with Gasteiger partial charge in [-0.05, 0) is 41.3 Å². The maximum atomic E-state index is 12.2. The monoisotopic (exact) mass is 336 g/mol. The second-order valence-electron chi connectivity index (χ2n) is 5.90. The zero-order valence-electron chi connectivity index (χ0n) is 15.0. The largest absolute Gasteiger partial charge is 0.355 e. The lowest BCUT2D eigenvalue weighted by Gasteiger charge is -2.15. The number of benzene rings is 2. The van der Waals surface area contributed by atoms with Crippen LogP contribution in [-0.2, 0) is 17.8 Å². The Morgan fingerprint density at radius 3 is 2.16 bits per heavy atom. The molecule has 0 saturated heterocycles. The van der Waals surface area contributed by atoms with Crippen molar-refractivity contribution in [3.05, 3.63) is 76.9 Å². The highest BCUT2D eigenvalue weighted by molar-refractivity contribution is 5.94. The summed E-state index contributed by atoms with van der Waals surface area (Å²) in [6.45, 7) is 2.61. The normalized spacial score (nSPS) is 10.7. The Morgan fingerprint density at radius 2 is 1.60 bits per heavy atom. The molecule has 0 aliphatic heterocycles. The lowest BCUT2D eigenvalue weighted by Crippen LogP contribution is -2.24. The van der Waals surface area contributed by atoms with E-state index in [1.54, 1.807) is 37.2 Å². The molecule has 0 heterocycles. The van der Waals surface area contributed by atoms with Crippen molar-refractivity contribution in [3.63, 3.8) is 0 Å². The summed E-state index contributed by atoms with van der Waals surface area (Å²) in [5.74, 6) is -0.178. The molecular weight excluding hydrogens is 312 g/mol. The molecule has 2 amide bonds. The summed E-state index contributed by atoms with van der Waals surface area (Å²) < 4.78 is 0. The maximum absolute atomic E-state index is 12.2. The fourth-order valence-electron chi connectivity index (χ4n) is 2.42. The van der Waals surface area contributed by atoms with Gasteiger partial charge in [0.05, 0.1) is 0 Å². The molecule has 2 rings (SSSR count). The van der Waals surface area contributed by atoms with Gasteiger partial charge in [-0.15, -0.1) is 0 Å². The zero-order chi connectivity index (χ0) is 18.2. The third-order valence-corrected chi connectivity index (χ3v) is 4.05. The lowest BCUT2D eigenvalue weighted by molar-refractivity contribution is -0.125. The lowest BCUT2D eigenvalue weighted by atomic mass is 10.1. The third kappa shape index (κ3) is 5.31. The van der Waals surface area contributed by atoms with Crippen molar-refractivity contribution < 1.29 is 9.59 Å². The third-order valence-electron chi connectivity index (χ3n) is 4.05. The Labute approximate surface area is 149 Å². The Bertz CT molecular complexity index is 746. The van der Waals surface area contributed by atoms with Crippen LogP contribution in [0.15, 0.2) is 54.6 Å². The highest BCUT2D eigenvalue weighted by Crippen LogP contribution is 2.09. The summed E-state index contributed by atoms with van der Waals surface area (Å²) in [4.78, 5) is 25.4. The molecule has 0 unspecified atom stereocenters. The first-order chi connectivity index (χ1) is 12.0. The molecular formula is C21H24N2O2. The first-order valence-corrected chi connectivity index (χ1v) is 8.36. The number of carbonyl (C=O) groups is 2. The fourth-order valence-corrected chi connectivity index (χ4v) is 2.42. The van der Waals surface area contributed by atoms with Gasteiger partial charge in [0.25, 0.3) is 5.91 Å². The van der Waals surface area contributed by atoms with Crippen LogP contribution in [0.4, 0.5) is 0 Å². The van der Waals surface area contributed by atoms with E-state index in [1.165, 1.54) is 5.56 Å². The van der Waals surface area contributed by atoms with Gasteiger partial charge in [0.1, 0.15) is 0 Å². The highest BCUT2D eigenvalue weighted by atomic mass is 16.2. The molecule has 0 atom stereocenters. The minimum atomic E-state index is -0.118. The standard InChI is InChI=1S/C21H24N2O2/c1-4-16-5-7-17(8-6-16)11-14-20(24)23(3)15-18-9-12-19(13-10-18)21(25)22-2/h5-14H,4,15H2,1-3H3,(H,22,25)/b14-11+. The van der Waals surface area contributed by atoms with E-state index in [4.69, 9.17) is 0 Å². The number of likely N-dealkylation sites (N-methyl/N-ethyl adjacent to an activating group) is 1. The quantitative estimate of drug-likeness (QED) is 0.823. The van der Waals surface area contributed by atoms with Gasteiger partial charge in [-0.3, -0.25) is 9.59 Å². The van der Waals surface area contributed by atoms with Crippen molar-refractivity contribution in [2.45, 2.75) is 19.9 Å². The molecule has 4 heteroatoms.